The molecular formula is C13H15ClN2O2. The molecule has 1 N–H and O–H groups in total. The van der Waals surface area contributed by atoms with Crippen LogP contribution in [0.5, 0.6) is 0 Å². The van der Waals surface area contributed by atoms with Gasteiger partial charge in [-0.15, -0.1) is 0 Å². The number of aromatic nitrogens is 1. The zero-order valence-corrected chi connectivity index (χ0v) is 11.2. The van der Waals surface area contributed by atoms with E-state index in [9.17, 15) is 4.79 Å². The Balaban J connectivity index is 2.23. The number of hydrogen-bond acceptors (Lipinski definition) is 3. The summed E-state index contributed by atoms with van der Waals surface area (Å²) in [5.41, 5.74) is 0.839. The Morgan fingerprint density at radius 1 is 1.50 bits per heavy atom. The number of hydrogen-bond donors (Lipinski definition) is 1. The van der Waals surface area contributed by atoms with Gasteiger partial charge in [-0.1, -0.05) is 24.6 Å². The summed E-state index contributed by atoms with van der Waals surface area (Å²) in [6, 6.07) is 3.73. The topological polar surface area (TPSA) is 51.2 Å². The number of ether oxygens (including phenoxy) is 1. The van der Waals surface area contributed by atoms with Crippen LogP contribution in [0.3, 0.4) is 0 Å². The van der Waals surface area contributed by atoms with Gasteiger partial charge in [0, 0.05) is 5.56 Å². The largest absolute Gasteiger partial charge is 0.376 e. The number of halogens is 1. The van der Waals surface area contributed by atoms with Crippen LogP contribution in [0.2, 0.25) is 5.15 Å². The number of fused-ring (bicyclic) bond motifs is 2. The van der Waals surface area contributed by atoms with E-state index in [0.717, 1.165) is 11.3 Å². The third-order valence-electron chi connectivity index (χ3n) is 4.16. The highest BCUT2D eigenvalue weighted by atomic mass is 35.5. The fourth-order valence-corrected chi connectivity index (χ4v) is 2.78. The molecule has 1 atom stereocenters. The molecule has 5 heteroatoms. The molecular weight excluding hydrogens is 252 g/mol. The van der Waals surface area contributed by atoms with Crippen LogP contribution in [0.15, 0.2) is 12.1 Å². The van der Waals surface area contributed by atoms with Gasteiger partial charge in [-0.05, 0) is 19.4 Å². The summed E-state index contributed by atoms with van der Waals surface area (Å²) < 4.78 is 5.28. The molecule has 4 nitrogen and oxygen atoms in total. The molecule has 1 aromatic heterocycles. The summed E-state index contributed by atoms with van der Waals surface area (Å²) in [6.45, 7) is 4.92. The Bertz CT molecular complexity index is 528. The van der Waals surface area contributed by atoms with Gasteiger partial charge in [0.05, 0.1) is 24.3 Å². The van der Waals surface area contributed by atoms with E-state index in [4.69, 9.17) is 16.3 Å². The number of rotatable bonds is 1. The number of carbonyl (C=O) groups is 1. The fraction of sp³-hybridized carbons (Fsp3) is 0.538. The van der Waals surface area contributed by atoms with E-state index in [1.165, 1.54) is 0 Å². The SMILES string of the molecule is CCC1(C)C(=O)NC2(COC2)c2ccc(Cl)nc21. The van der Waals surface area contributed by atoms with Gasteiger partial charge in [0.15, 0.2) is 0 Å². The molecule has 1 unspecified atom stereocenters. The highest BCUT2D eigenvalue weighted by molar-refractivity contribution is 6.29. The first-order valence-electron chi connectivity index (χ1n) is 6.10. The van der Waals surface area contributed by atoms with E-state index >= 15 is 0 Å². The van der Waals surface area contributed by atoms with Gasteiger partial charge in [-0.2, -0.15) is 0 Å². The normalized spacial score (nSPS) is 28.5. The van der Waals surface area contributed by atoms with E-state index in [1.54, 1.807) is 6.07 Å². The summed E-state index contributed by atoms with van der Waals surface area (Å²) in [7, 11) is 0. The molecule has 1 spiro atoms. The molecule has 0 saturated carbocycles. The van der Waals surface area contributed by atoms with Crippen LogP contribution >= 0.6 is 11.6 Å². The third kappa shape index (κ3) is 1.36. The maximum atomic E-state index is 12.4. The van der Waals surface area contributed by atoms with Crippen molar-refractivity contribution < 1.29 is 9.53 Å². The van der Waals surface area contributed by atoms with Crippen molar-refractivity contribution in [3.63, 3.8) is 0 Å². The van der Waals surface area contributed by atoms with Crippen LogP contribution in [-0.4, -0.2) is 24.1 Å². The van der Waals surface area contributed by atoms with Gasteiger partial charge in [0.25, 0.3) is 0 Å². The average molecular weight is 267 g/mol. The van der Waals surface area contributed by atoms with Crippen LogP contribution in [0, 0.1) is 0 Å². The van der Waals surface area contributed by atoms with Crippen LogP contribution < -0.4 is 5.32 Å². The van der Waals surface area contributed by atoms with E-state index in [2.05, 4.69) is 10.3 Å². The van der Waals surface area contributed by atoms with Gasteiger partial charge >= 0.3 is 0 Å². The molecule has 1 amide bonds. The minimum atomic E-state index is -0.610. The van der Waals surface area contributed by atoms with Crippen LogP contribution in [0.4, 0.5) is 0 Å². The molecule has 18 heavy (non-hydrogen) atoms. The molecule has 96 valence electrons. The minimum Gasteiger partial charge on any atom is -0.376 e. The molecule has 2 aliphatic heterocycles. The van der Waals surface area contributed by atoms with Gasteiger partial charge in [-0.25, -0.2) is 4.98 Å². The maximum Gasteiger partial charge on any atom is 0.232 e. The number of carbonyl (C=O) groups excluding carboxylic acids is 1. The third-order valence-corrected chi connectivity index (χ3v) is 4.37. The lowest BCUT2D eigenvalue weighted by Gasteiger charge is -2.49. The molecule has 1 aromatic rings. The van der Waals surface area contributed by atoms with Crippen LogP contribution in [-0.2, 0) is 20.5 Å². The lowest BCUT2D eigenvalue weighted by atomic mass is 9.71. The predicted molar refractivity (Wildman–Crippen MR) is 67.5 cm³/mol. The minimum absolute atomic E-state index is 0.00978. The average Bonchev–Trinajstić information content (AvgIpc) is 2.32. The lowest BCUT2D eigenvalue weighted by molar-refractivity contribution is -0.142. The van der Waals surface area contributed by atoms with E-state index in [0.29, 0.717) is 24.8 Å². The van der Waals surface area contributed by atoms with Gasteiger partial charge in [0.2, 0.25) is 5.91 Å². The Hall–Kier alpha value is -1.13. The molecule has 1 fully saturated rings. The van der Waals surface area contributed by atoms with Crippen molar-refractivity contribution in [3.8, 4) is 0 Å². The fourth-order valence-electron chi connectivity index (χ4n) is 2.63. The summed E-state index contributed by atoms with van der Waals surface area (Å²) in [5, 5.41) is 3.53. The number of amides is 1. The first kappa shape index (κ1) is 11.9. The molecule has 3 heterocycles. The number of nitrogens with one attached hydrogen (secondary N) is 1. The van der Waals surface area contributed by atoms with E-state index in [-0.39, 0.29) is 5.91 Å². The van der Waals surface area contributed by atoms with Gasteiger partial charge in [0.1, 0.15) is 10.7 Å². The first-order chi connectivity index (χ1) is 8.52. The number of nitrogens with zero attached hydrogens (tertiary/aromatic N) is 1. The zero-order valence-electron chi connectivity index (χ0n) is 10.4. The smallest absolute Gasteiger partial charge is 0.232 e. The second-order valence-electron chi connectivity index (χ2n) is 5.24. The standard InChI is InChI=1S/C13H15ClN2O2/c1-3-12(2)10-8(4-5-9(14)15-10)13(6-18-7-13)16-11(12)17/h4-5H,3,6-7H2,1-2H3,(H,16,17). The highest BCUT2D eigenvalue weighted by Crippen LogP contribution is 2.43. The molecule has 0 radical (unpaired) electrons. The Morgan fingerprint density at radius 3 is 2.78 bits per heavy atom. The summed E-state index contributed by atoms with van der Waals surface area (Å²) in [4.78, 5) is 16.8. The van der Waals surface area contributed by atoms with Crippen molar-refractivity contribution in [2.45, 2.75) is 31.2 Å². The first-order valence-corrected chi connectivity index (χ1v) is 6.47. The quantitative estimate of drug-likeness (QED) is 0.788. The highest BCUT2D eigenvalue weighted by Gasteiger charge is 2.53. The second-order valence-corrected chi connectivity index (χ2v) is 5.63. The molecule has 0 aliphatic carbocycles. The van der Waals surface area contributed by atoms with Gasteiger partial charge < -0.3 is 10.1 Å². The zero-order chi connectivity index (χ0) is 13.0. The number of pyridine rings is 1. The van der Waals surface area contributed by atoms with Crippen LogP contribution in [0.25, 0.3) is 0 Å². The molecule has 2 aliphatic rings. The van der Waals surface area contributed by atoms with Crippen molar-refractivity contribution >= 4 is 17.5 Å². The Kier molecular flexibility index (Phi) is 2.44. The molecule has 1 saturated heterocycles. The van der Waals surface area contributed by atoms with Crippen molar-refractivity contribution in [1.29, 1.82) is 0 Å². The molecule has 0 bridgehead atoms. The van der Waals surface area contributed by atoms with Gasteiger partial charge in [-0.3, -0.25) is 4.79 Å². The van der Waals surface area contributed by atoms with Crippen molar-refractivity contribution in [3.05, 3.63) is 28.5 Å². The summed E-state index contributed by atoms with van der Waals surface area (Å²) >= 11 is 5.99. The molecule has 0 aromatic carbocycles. The second kappa shape index (κ2) is 3.68. The predicted octanol–water partition coefficient (Wildman–Crippen LogP) is 1.76. The lowest BCUT2D eigenvalue weighted by Crippen LogP contribution is -2.66. The van der Waals surface area contributed by atoms with Crippen LogP contribution in [0.1, 0.15) is 31.5 Å². The molecule has 3 rings (SSSR count). The van der Waals surface area contributed by atoms with E-state index in [1.807, 2.05) is 19.9 Å². The Morgan fingerprint density at radius 2 is 2.22 bits per heavy atom. The monoisotopic (exact) mass is 266 g/mol. The van der Waals surface area contributed by atoms with E-state index < -0.39 is 11.0 Å². The van der Waals surface area contributed by atoms with Crippen molar-refractivity contribution in [2.75, 3.05) is 13.2 Å². The summed E-state index contributed by atoms with van der Waals surface area (Å²) in [5.74, 6) is 0.00978. The summed E-state index contributed by atoms with van der Waals surface area (Å²) in [6.07, 6.45) is 0.691. The maximum absolute atomic E-state index is 12.4. The van der Waals surface area contributed by atoms with Crippen molar-refractivity contribution in [2.24, 2.45) is 0 Å². The van der Waals surface area contributed by atoms with Crippen molar-refractivity contribution in [1.82, 2.24) is 10.3 Å². The Labute approximate surface area is 111 Å².